The van der Waals surface area contributed by atoms with Gasteiger partial charge in [0.25, 0.3) is 0 Å². The Bertz CT molecular complexity index is 472. The van der Waals surface area contributed by atoms with Crippen LogP contribution in [0.5, 0.6) is 0 Å². The number of hydrogen-bond donors (Lipinski definition) is 1. The number of carbonyl (C=O) groups excluding carboxylic acids is 1. The molecule has 2 rings (SSSR count). The molecule has 0 bridgehead atoms. The minimum Gasteiger partial charge on any atom is -0.461 e. The van der Waals surface area contributed by atoms with Crippen molar-refractivity contribution in [2.75, 3.05) is 0 Å². The van der Waals surface area contributed by atoms with E-state index in [0.717, 1.165) is 18.4 Å². The summed E-state index contributed by atoms with van der Waals surface area (Å²) < 4.78 is 5.81. The van der Waals surface area contributed by atoms with E-state index in [0.29, 0.717) is 24.2 Å². The van der Waals surface area contributed by atoms with Crippen LogP contribution in [0, 0.1) is 17.8 Å². The Morgan fingerprint density at radius 2 is 1.95 bits per heavy atom. The highest BCUT2D eigenvalue weighted by Crippen LogP contribution is 2.35. The van der Waals surface area contributed by atoms with Gasteiger partial charge in [-0.15, -0.1) is 0 Å². The summed E-state index contributed by atoms with van der Waals surface area (Å²) in [6, 6.07) is 9.30. The Hall–Kier alpha value is -1.35. The van der Waals surface area contributed by atoms with Gasteiger partial charge in [-0.3, -0.25) is 4.79 Å². The molecule has 1 saturated carbocycles. The summed E-state index contributed by atoms with van der Waals surface area (Å²) in [5.74, 6) is 1.37. The van der Waals surface area contributed by atoms with Crippen LogP contribution in [0.2, 0.25) is 0 Å². The first kappa shape index (κ1) is 17.0. The first-order valence-corrected chi connectivity index (χ1v) is 8.47. The van der Waals surface area contributed by atoms with E-state index in [1.807, 2.05) is 30.3 Å². The standard InChI is InChI=1S/C19H29NO2/c1-13(2)16-10-9-14(3)11-18(16)22-19(21)17(20)12-15-7-5-4-6-8-15/h4-8,13-14,16-18H,9-12,20H2,1-3H3/t14?,16?,17-,18?/m0/s1. The Morgan fingerprint density at radius 3 is 2.59 bits per heavy atom. The molecule has 3 unspecified atom stereocenters. The van der Waals surface area contributed by atoms with E-state index in [1.54, 1.807) is 0 Å². The summed E-state index contributed by atoms with van der Waals surface area (Å²) in [7, 11) is 0. The number of hydrogen-bond acceptors (Lipinski definition) is 3. The summed E-state index contributed by atoms with van der Waals surface area (Å²) in [5, 5.41) is 0. The Kier molecular flexibility index (Phi) is 6.01. The highest BCUT2D eigenvalue weighted by atomic mass is 16.5. The van der Waals surface area contributed by atoms with Crippen LogP contribution in [0.4, 0.5) is 0 Å². The predicted molar refractivity (Wildman–Crippen MR) is 89.3 cm³/mol. The SMILES string of the molecule is CC1CCC(C(C)C)C(OC(=O)[C@@H](N)Cc2ccccc2)C1. The Balaban J connectivity index is 1.94. The van der Waals surface area contributed by atoms with Gasteiger partial charge >= 0.3 is 5.97 Å². The summed E-state index contributed by atoms with van der Waals surface area (Å²) in [6.45, 7) is 6.66. The third kappa shape index (κ3) is 4.57. The molecule has 1 aliphatic rings. The quantitative estimate of drug-likeness (QED) is 0.846. The number of carbonyl (C=O) groups is 1. The molecule has 1 aliphatic carbocycles. The normalized spacial score (nSPS) is 26.7. The van der Waals surface area contributed by atoms with Crippen LogP contribution in [0.15, 0.2) is 30.3 Å². The van der Waals surface area contributed by atoms with Crippen molar-refractivity contribution in [2.24, 2.45) is 23.5 Å². The van der Waals surface area contributed by atoms with Gasteiger partial charge < -0.3 is 10.5 Å². The highest BCUT2D eigenvalue weighted by Gasteiger charge is 2.34. The lowest BCUT2D eigenvalue weighted by molar-refractivity contribution is -0.157. The monoisotopic (exact) mass is 303 g/mol. The second-order valence-corrected chi connectivity index (χ2v) is 7.10. The van der Waals surface area contributed by atoms with Crippen molar-refractivity contribution in [2.45, 2.75) is 58.6 Å². The van der Waals surface area contributed by atoms with Crippen LogP contribution >= 0.6 is 0 Å². The average Bonchev–Trinajstić information content (AvgIpc) is 2.48. The maximum Gasteiger partial charge on any atom is 0.323 e. The molecule has 2 N–H and O–H groups in total. The van der Waals surface area contributed by atoms with Gasteiger partial charge in [-0.1, -0.05) is 57.5 Å². The van der Waals surface area contributed by atoms with Gasteiger partial charge in [0, 0.05) is 0 Å². The minimum absolute atomic E-state index is 0.0260. The molecule has 22 heavy (non-hydrogen) atoms. The van der Waals surface area contributed by atoms with Crippen LogP contribution in [0.25, 0.3) is 0 Å². The summed E-state index contributed by atoms with van der Waals surface area (Å²) in [6.07, 6.45) is 3.90. The lowest BCUT2D eigenvalue weighted by Crippen LogP contribution is -2.41. The number of benzene rings is 1. The Morgan fingerprint density at radius 1 is 1.27 bits per heavy atom. The molecule has 0 aromatic heterocycles. The molecule has 3 heteroatoms. The molecule has 0 amide bonds. The summed E-state index contributed by atoms with van der Waals surface area (Å²) in [4.78, 5) is 12.3. The van der Waals surface area contributed by atoms with E-state index >= 15 is 0 Å². The molecule has 1 fully saturated rings. The molecule has 4 atom stereocenters. The lowest BCUT2D eigenvalue weighted by atomic mass is 9.75. The zero-order chi connectivity index (χ0) is 16.1. The number of nitrogens with two attached hydrogens (primary N) is 1. The van der Waals surface area contributed by atoms with E-state index in [1.165, 1.54) is 6.42 Å². The first-order chi connectivity index (χ1) is 10.5. The second-order valence-electron chi connectivity index (χ2n) is 7.10. The van der Waals surface area contributed by atoms with Gasteiger partial charge in [-0.05, 0) is 42.6 Å². The zero-order valence-electron chi connectivity index (χ0n) is 14.0. The van der Waals surface area contributed by atoms with Crippen molar-refractivity contribution in [1.29, 1.82) is 0 Å². The minimum atomic E-state index is -0.576. The van der Waals surface area contributed by atoms with E-state index in [2.05, 4.69) is 20.8 Å². The molecular formula is C19H29NO2. The van der Waals surface area contributed by atoms with E-state index < -0.39 is 6.04 Å². The zero-order valence-corrected chi connectivity index (χ0v) is 14.0. The third-order valence-electron chi connectivity index (χ3n) is 4.83. The summed E-state index contributed by atoms with van der Waals surface area (Å²) >= 11 is 0. The van der Waals surface area contributed by atoms with Crippen molar-refractivity contribution >= 4 is 5.97 Å². The van der Waals surface area contributed by atoms with Crippen LogP contribution < -0.4 is 5.73 Å². The molecule has 1 aromatic carbocycles. The lowest BCUT2D eigenvalue weighted by Gasteiger charge is -2.37. The van der Waals surface area contributed by atoms with Crippen LogP contribution in [-0.4, -0.2) is 18.1 Å². The molecule has 1 aromatic rings. The first-order valence-electron chi connectivity index (χ1n) is 8.47. The third-order valence-corrected chi connectivity index (χ3v) is 4.83. The van der Waals surface area contributed by atoms with Gasteiger partial charge in [0.2, 0.25) is 0 Å². The van der Waals surface area contributed by atoms with Gasteiger partial charge in [0.05, 0.1) is 0 Å². The van der Waals surface area contributed by atoms with E-state index in [-0.39, 0.29) is 12.1 Å². The number of ether oxygens (including phenoxy) is 1. The molecule has 0 radical (unpaired) electrons. The topological polar surface area (TPSA) is 52.3 Å². The second kappa shape index (κ2) is 7.77. The van der Waals surface area contributed by atoms with Crippen LogP contribution in [-0.2, 0) is 16.0 Å². The molecular weight excluding hydrogens is 274 g/mol. The fourth-order valence-corrected chi connectivity index (χ4v) is 3.44. The maximum atomic E-state index is 12.3. The van der Waals surface area contributed by atoms with Crippen LogP contribution in [0.3, 0.4) is 0 Å². The molecule has 0 aliphatic heterocycles. The van der Waals surface area contributed by atoms with Gasteiger partial charge in [-0.25, -0.2) is 0 Å². The summed E-state index contributed by atoms with van der Waals surface area (Å²) in [5.41, 5.74) is 7.12. The highest BCUT2D eigenvalue weighted by molar-refractivity contribution is 5.76. The fourth-order valence-electron chi connectivity index (χ4n) is 3.44. The van der Waals surface area contributed by atoms with Crippen molar-refractivity contribution in [3.05, 3.63) is 35.9 Å². The molecule has 3 nitrogen and oxygen atoms in total. The molecule has 122 valence electrons. The van der Waals surface area contributed by atoms with Crippen molar-refractivity contribution in [1.82, 2.24) is 0 Å². The number of rotatable bonds is 5. The average molecular weight is 303 g/mol. The predicted octanol–water partition coefficient (Wildman–Crippen LogP) is 3.56. The van der Waals surface area contributed by atoms with Gasteiger partial charge in [-0.2, -0.15) is 0 Å². The van der Waals surface area contributed by atoms with Gasteiger partial charge in [0.1, 0.15) is 12.1 Å². The smallest absolute Gasteiger partial charge is 0.323 e. The Labute approximate surface area is 134 Å². The van der Waals surface area contributed by atoms with Crippen molar-refractivity contribution in [3.63, 3.8) is 0 Å². The fraction of sp³-hybridized carbons (Fsp3) is 0.632. The van der Waals surface area contributed by atoms with E-state index in [9.17, 15) is 4.79 Å². The maximum absolute atomic E-state index is 12.3. The molecule has 0 heterocycles. The van der Waals surface area contributed by atoms with Gasteiger partial charge in [0.15, 0.2) is 0 Å². The van der Waals surface area contributed by atoms with Crippen LogP contribution in [0.1, 0.15) is 45.6 Å². The van der Waals surface area contributed by atoms with E-state index in [4.69, 9.17) is 10.5 Å². The van der Waals surface area contributed by atoms with Crippen molar-refractivity contribution in [3.8, 4) is 0 Å². The number of esters is 1. The molecule has 0 saturated heterocycles. The molecule has 0 spiro atoms. The largest absolute Gasteiger partial charge is 0.461 e. The van der Waals surface area contributed by atoms with Crippen molar-refractivity contribution < 1.29 is 9.53 Å².